The molecule has 0 bridgehead atoms. The van der Waals surface area contributed by atoms with Gasteiger partial charge in [-0.15, -0.1) is 11.3 Å². The molecule has 3 rings (SSSR count). The van der Waals surface area contributed by atoms with Crippen LogP contribution >= 0.6 is 11.3 Å². The monoisotopic (exact) mass is 461 g/mol. The van der Waals surface area contributed by atoms with Crippen molar-refractivity contribution in [1.82, 2.24) is 4.98 Å². The van der Waals surface area contributed by atoms with Gasteiger partial charge in [-0.25, -0.2) is 17.8 Å². The van der Waals surface area contributed by atoms with Crippen LogP contribution in [0.1, 0.15) is 39.8 Å². The summed E-state index contributed by atoms with van der Waals surface area (Å²) in [5.74, 6) is -0.599. The van der Waals surface area contributed by atoms with Gasteiger partial charge in [0.2, 0.25) is 0 Å². The molecule has 0 unspecified atom stereocenters. The smallest absolute Gasteiger partial charge is 0.267 e. The van der Waals surface area contributed by atoms with Crippen molar-refractivity contribution in [3.8, 4) is 0 Å². The first-order valence-electron chi connectivity index (χ1n) is 9.72. The number of para-hydroxylation sites is 1. The molecule has 2 N–H and O–H groups in total. The molecule has 0 saturated heterocycles. The van der Waals surface area contributed by atoms with Crippen LogP contribution in [0, 0.1) is 25.6 Å². The quantitative estimate of drug-likeness (QED) is 0.509. The highest BCUT2D eigenvalue weighted by Gasteiger charge is 2.21. The molecular weight excluding hydrogens is 437 g/mol. The van der Waals surface area contributed by atoms with Crippen LogP contribution in [-0.4, -0.2) is 19.3 Å². The number of carbonyl (C=O) groups excluding carboxylic acids is 1. The van der Waals surface area contributed by atoms with Crippen LogP contribution in [-0.2, 0) is 16.4 Å². The summed E-state index contributed by atoms with van der Waals surface area (Å²) in [7, 11) is -4.06. The van der Waals surface area contributed by atoms with Gasteiger partial charge in [-0.05, 0) is 49.6 Å². The summed E-state index contributed by atoms with van der Waals surface area (Å²) in [4.78, 5) is 17.7. The number of rotatable bonds is 7. The third kappa shape index (κ3) is 5.48. The summed E-state index contributed by atoms with van der Waals surface area (Å²) in [6.07, 6.45) is 0.785. The lowest BCUT2D eigenvalue weighted by Gasteiger charge is -2.13. The molecule has 1 aromatic heterocycles. The Morgan fingerprint density at radius 3 is 2.55 bits per heavy atom. The van der Waals surface area contributed by atoms with E-state index in [1.54, 1.807) is 26.0 Å². The van der Waals surface area contributed by atoms with E-state index >= 15 is 0 Å². The van der Waals surface area contributed by atoms with Crippen LogP contribution in [0.5, 0.6) is 0 Å². The predicted molar refractivity (Wildman–Crippen MR) is 122 cm³/mol. The minimum atomic E-state index is -4.06. The minimum absolute atomic E-state index is 0.0462. The number of halogens is 1. The van der Waals surface area contributed by atoms with E-state index < -0.39 is 15.8 Å². The van der Waals surface area contributed by atoms with Crippen molar-refractivity contribution >= 4 is 38.6 Å². The SMILES string of the molecule is Cc1ccc(NC(=O)c2sc(CC(C)C)nc2C)cc1S(=O)(=O)Nc1ccccc1F. The van der Waals surface area contributed by atoms with Gasteiger partial charge in [0.05, 0.1) is 21.3 Å². The molecule has 1 amide bonds. The highest BCUT2D eigenvalue weighted by atomic mass is 32.2. The van der Waals surface area contributed by atoms with Gasteiger partial charge >= 0.3 is 0 Å². The highest BCUT2D eigenvalue weighted by Crippen LogP contribution is 2.26. The second-order valence-corrected chi connectivity index (χ2v) is 10.4. The number of benzene rings is 2. The van der Waals surface area contributed by atoms with E-state index in [0.717, 1.165) is 11.4 Å². The summed E-state index contributed by atoms with van der Waals surface area (Å²) in [6.45, 7) is 7.58. The Labute approximate surface area is 185 Å². The van der Waals surface area contributed by atoms with Crippen LogP contribution in [0.4, 0.5) is 15.8 Å². The second kappa shape index (κ2) is 9.15. The largest absolute Gasteiger partial charge is 0.321 e. The Morgan fingerprint density at radius 2 is 1.87 bits per heavy atom. The van der Waals surface area contributed by atoms with Gasteiger partial charge in [0, 0.05) is 12.1 Å². The summed E-state index contributed by atoms with van der Waals surface area (Å²) >= 11 is 1.34. The van der Waals surface area contributed by atoms with Gasteiger partial charge in [0.1, 0.15) is 10.7 Å². The molecule has 164 valence electrons. The number of nitrogens with zero attached hydrogens (tertiary/aromatic N) is 1. The van der Waals surface area contributed by atoms with Gasteiger partial charge in [-0.1, -0.05) is 32.0 Å². The van der Waals surface area contributed by atoms with Crippen LogP contribution in [0.3, 0.4) is 0 Å². The number of aromatic nitrogens is 1. The fourth-order valence-corrected chi connectivity index (χ4v) is 5.51. The number of hydrogen-bond acceptors (Lipinski definition) is 5. The topological polar surface area (TPSA) is 88.2 Å². The molecule has 0 aliphatic rings. The van der Waals surface area contributed by atoms with Crippen LogP contribution in [0.15, 0.2) is 47.4 Å². The van der Waals surface area contributed by atoms with Gasteiger partial charge in [0.25, 0.3) is 15.9 Å². The third-order valence-electron chi connectivity index (χ3n) is 4.48. The molecule has 0 aliphatic carbocycles. The average Bonchev–Trinajstić information content (AvgIpc) is 3.04. The maximum absolute atomic E-state index is 13.9. The zero-order valence-electron chi connectivity index (χ0n) is 17.7. The van der Waals surface area contributed by atoms with Crippen molar-refractivity contribution in [2.45, 2.75) is 39.0 Å². The van der Waals surface area contributed by atoms with Crippen molar-refractivity contribution in [3.63, 3.8) is 0 Å². The Hall–Kier alpha value is -2.78. The maximum atomic E-state index is 13.9. The van der Waals surface area contributed by atoms with Gasteiger partial charge in [0.15, 0.2) is 0 Å². The molecule has 3 aromatic rings. The number of hydrogen-bond donors (Lipinski definition) is 2. The fourth-order valence-electron chi connectivity index (χ4n) is 3.00. The van der Waals surface area contributed by atoms with Gasteiger partial charge in [-0.3, -0.25) is 9.52 Å². The summed E-state index contributed by atoms with van der Waals surface area (Å²) in [5, 5.41) is 3.63. The van der Waals surface area contributed by atoms with E-state index in [1.165, 1.54) is 41.7 Å². The van der Waals surface area contributed by atoms with Gasteiger partial charge in [-0.2, -0.15) is 0 Å². The number of amides is 1. The van der Waals surface area contributed by atoms with E-state index in [1.807, 2.05) is 0 Å². The van der Waals surface area contributed by atoms with E-state index in [2.05, 4.69) is 28.9 Å². The normalized spacial score (nSPS) is 11.5. The third-order valence-corrected chi connectivity index (χ3v) is 7.17. The zero-order chi connectivity index (χ0) is 22.8. The number of aryl methyl sites for hydroxylation is 2. The maximum Gasteiger partial charge on any atom is 0.267 e. The Balaban J connectivity index is 1.85. The molecular formula is C22H24FN3O3S2. The highest BCUT2D eigenvalue weighted by molar-refractivity contribution is 7.92. The van der Waals surface area contributed by atoms with E-state index in [9.17, 15) is 17.6 Å². The first kappa shape index (κ1) is 22.9. The fraction of sp³-hybridized carbons (Fsp3) is 0.273. The van der Waals surface area contributed by atoms with Crippen molar-refractivity contribution in [2.75, 3.05) is 10.0 Å². The summed E-state index contributed by atoms with van der Waals surface area (Å²) < 4.78 is 41.9. The molecule has 6 nitrogen and oxygen atoms in total. The molecule has 2 aromatic carbocycles. The first-order valence-corrected chi connectivity index (χ1v) is 12.0. The lowest BCUT2D eigenvalue weighted by Crippen LogP contribution is -2.16. The van der Waals surface area contributed by atoms with Crippen molar-refractivity contribution < 1.29 is 17.6 Å². The second-order valence-electron chi connectivity index (χ2n) is 7.64. The van der Waals surface area contributed by atoms with Crippen LogP contribution in [0.2, 0.25) is 0 Å². The minimum Gasteiger partial charge on any atom is -0.321 e. The number of nitrogens with one attached hydrogen (secondary N) is 2. The van der Waals surface area contributed by atoms with E-state index in [0.29, 0.717) is 27.7 Å². The van der Waals surface area contributed by atoms with Crippen molar-refractivity contribution in [2.24, 2.45) is 5.92 Å². The molecule has 31 heavy (non-hydrogen) atoms. The van der Waals surface area contributed by atoms with E-state index in [-0.39, 0.29) is 16.5 Å². The molecule has 0 atom stereocenters. The van der Waals surface area contributed by atoms with Gasteiger partial charge < -0.3 is 5.32 Å². The first-order chi connectivity index (χ1) is 14.6. The van der Waals surface area contributed by atoms with Crippen molar-refractivity contribution in [1.29, 1.82) is 0 Å². The molecule has 9 heteroatoms. The van der Waals surface area contributed by atoms with Crippen LogP contribution in [0.25, 0.3) is 0 Å². The zero-order valence-corrected chi connectivity index (χ0v) is 19.3. The standard InChI is InChI=1S/C22H24FN3O3S2/c1-13(2)11-20-24-15(4)21(30-20)22(27)25-16-10-9-14(3)19(12-16)31(28,29)26-18-8-6-5-7-17(18)23/h5-10,12-13,26H,11H2,1-4H3,(H,25,27). The molecule has 0 spiro atoms. The van der Waals surface area contributed by atoms with E-state index in [4.69, 9.17) is 0 Å². The number of carbonyl (C=O) groups is 1. The molecule has 0 radical (unpaired) electrons. The van der Waals surface area contributed by atoms with Crippen LogP contribution < -0.4 is 10.0 Å². The predicted octanol–water partition coefficient (Wildman–Crippen LogP) is 5.15. The number of thiazole rings is 1. The summed E-state index contributed by atoms with van der Waals surface area (Å²) in [5.41, 5.74) is 1.28. The number of sulfonamides is 1. The molecule has 0 aliphatic heterocycles. The lowest BCUT2D eigenvalue weighted by molar-refractivity contribution is 0.102. The Morgan fingerprint density at radius 1 is 1.16 bits per heavy atom. The van der Waals surface area contributed by atoms with Crippen molar-refractivity contribution in [3.05, 3.63) is 69.4 Å². The Bertz CT molecular complexity index is 1220. The average molecular weight is 462 g/mol. The molecule has 0 saturated carbocycles. The number of anilines is 2. The molecule has 1 heterocycles. The summed E-state index contributed by atoms with van der Waals surface area (Å²) in [6, 6.07) is 10.1. The molecule has 0 fully saturated rings. The Kier molecular flexibility index (Phi) is 6.76. The lowest BCUT2D eigenvalue weighted by atomic mass is 10.1.